The van der Waals surface area contributed by atoms with E-state index in [1.165, 1.54) is 12.1 Å². The average Bonchev–Trinajstić information content (AvgIpc) is 2.71. The molecule has 1 aliphatic rings. The summed E-state index contributed by atoms with van der Waals surface area (Å²) in [4.78, 5) is 5.78. The van der Waals surface area contributed by atoms with Gasteiger partial charge < -0.3 is 5.32 Å². The molecule has 0 spiro atoms. The Balaban J connectivity index is 1.73. The minimum Gasteiger partial charge on any atom is -0.314 e. The van der Waals surface area contributed by atoms with Crippen molar-refractivity contribution in [1.29, 1.82) is 0 Å². The van der Waals surface area contributed by atoms with E-state index < -0.39 is 0 Å². The van der Waals surface area contributed by atoms with Crippen LogP contribution in [0.1, 0.15) is 26.0 Å². The molecule has 0 saturated heterocycles. The quantitative estimate of drug-likeness (QED) is 0.882. The third-order valence-electron chi connectivity index (χ3n) is 3.73. The van der Waals surface area contributed by atoms with Crippen molar-refractivity contribution in [3.8, 4) is 0 Å². The summed E-state index contributed by atoms with van der Waals surface area (Å²) in [5.74, 6) is 1.75. The molecule has 3 unspecified atom stereocenters. The third-order valence-corrected chi connectivity index (χ3v) is 4.50. The summed E-state index contributed by atoms with van der Waals surface area (Å²) in [7, 11) is 0. The third kappa shape index (κ3) is 2.24. The number of aromatic nitrogens is 2. The molecule has 3 rings (SSSR count). The van der Waals surface area contributed by atoms with E-state index in [-0.39, 0.29) is 0 Å². The van der Waals surface area contributed by atoms with Crippen LogP contribution >= 0.6 is 11.3 Å². The second-order valence-electron chi connectivity index (χ2n) is 5.07. The summed E-state index contributed by atoms with van der Waals surface area (Å²) in [5, 5.41) is 5.69. The fraction of sp³-hybridized carbons (Fsp3) is 0.615. The highest BCUT2D eigenvalue weighted by Crippen LogP contribution is 2.41. The Morgan fingerprint density at radius 1 is 1.65 bits per heavy atom. The molecule has 3 atom stereocenters. The van der Waals surface area contributed by atoms with E-state index in [9.17, 15) is 0 Å². The maximum absolute atomic E-state index is 4.67. The number of nitrogens with zero attached hydrogens (tertiary/aromatic N) is 2. The zero-order valence-electron chi connectivity index (χ0n) is 10.4. The summed E-state index contributed by atoms with van der Waals surface area (Å²) < 4.78 is 2.12. The molecule has 1 fully saturated rings. The second kappa shape index (κ2) is 4.42. The van der Waals surface area contributed by atoms with E-state index in [2.05, 4.69) is 46.3 Å². The smallest absolute Gasteiger partial charge is 0.193 e. The first-order valence-corrected chi connectivity index (χ1v) is 7.30. The zero-order chi connectivity index (χ0) is 11.8. The van der Waals surface area contributed by atoms with Gasteiger partial charge in [-0.1, -0.05) is 13.8 Å². The molecule has 4 heteroatoms. The molecular weight excluding hydrogens is 230 g/mol. The fourth-order valence-corrected chi connectivity index (χ4v) is 3.37. The van der Waals surface area contributed by atoms with Crippen molar-refractivity contribution in [2.24, 2.45) is 11.8 Å². The highest BCUT2D eigenvalue weighted by Gasteiger charge is 2.39. The summed E-state index contributed by atoms with van der Waals surface area (Å²) in [6.45, 7) is 5.59. The predicted molar refractivity (Wildman–Crippen MR) is 71.5 cm³/mol. The molecule has 17 heavy (non-hydrogen) atoms. The van der Waals surface area contributed by atoms with Gasteiger partial charge in [-0.3, -0.25) is 4.40 Å². The van der Waals surface area contributed by atoms with Gasteiger partial charge in [0.25, 0.3) is 0 Å². The molecule has 1 saturated carbocycles. The first-order chi connectivity index (χ1) is 8.28. The molecule has 1 aliphatic carbocycles. The van der Waals surface area contributed by atoms with Crippen LogP contribution in [-0.2, 0) is 6.42 Å². The van der Waals surface area contributed by atoms with E-state index in [0.717, 1.165) is 29.8 Å². The molecule has 0 aromatic carbocycles. The monoisotopic (exact) mass is 249 g/mol. The Hall–Kier alpha value is -0.870. The van der Waals surface area contributed by atoms with Crippen LogP contribution in [0.2, 0.25) is 0 Å². The van der Waals surface area contributed by atoms with Crippen LogP contribution in [0.15, 0.2) is 17.8 Å². The molecule has 92 valence electrons. The van der Waals surface area contributed by atoms with Gasteiger partial charge in [-0.2, -0.15) is 0 Å². The number of imidazole rings is 1. The van der Waals surface area contributed by atoms with Gasteiger partial charge >= 0.3 is 0 Å². The minimum absolute atomic E-state index is 0.611. The molecule has 0 radical (unpaired) electrons. The van der Waals surface area contributed by atoms with Gasteiger partial charge in [-0.05, 0) is 24.8 Å². The fourth-order valence-electron chi connectivity index (χ4n) is 2.65. The number of rotatable bonds is 5. The molecule has 2 heterocycles. The van der Waals surface area contributed by atoms with Gasteiger partial charge in [0.05, 0.1) is 5.69 Å². The van der Waals surface area contributed by atoms with Crippen LogP contribution < -0.4 is 5.32 Å². The van der Waals surface area contributed by atoms with E-state index in [4.69, 9.17) is 0 Å². The Labute approximate surface area is 106 Å². The van der Waals surface area contributed by atoms with Crippen LogP contribution in [0, 0.1) is 11.8 Å². The van der Waals surface area contributed by atoms with Crippen LogP contribution in [0.3, 0.4) is 0 Å². The van der Waals surface area contributed by atoms with Crippen molar-refractivity contribution in [2.75, 3.05) is 6.54 Å². The summed E-state index contributed by atoms with van der Waals surface area (Å²) in [6, 6.07) is 0.611. The van der Waals surface area contributed by atoms with Crippen molar-refractivity contribution in [3.63, 3.8) is 0 Å². The van der Waals surface area contributed by atoms with Crippen molar-refractivity contribution in [2.45, 2.75) is 32.7 Å². The largest absolute Gasteiger partial charge is 0.314 e. The first-order valence-electron chi connectivity index (χ1n) is 6.42. The lowest BCUT2D eigenvalue weighted by atomic mass is 10.1. The van der Waals surface area contributed by atoms with Gasteiger partial charge in [-0.15, -0.1) is 11.3 Å². The van der Waals surface area contributed by atoms with Gasteiger partial charge in [-0.25, -0.2) is 4.98 Å². The summed E-state index contributed by atoms with van der Waals surface area (Å²) in [6.07, 6.45) is 6.69. The molecule has 0 aliphatic heterocycles. The first kappa shape index (κ1) is 11.2. The lowest BCUT2D eigenvalue weighted by Gasteiger charge is -2.16. The standard InChI is InChI=1S/C13H19N3S/c1-3-14-12(11-6-9(11)2)7-10-8-16-4-5-17-13(16)15-10/h4-5,8-9,11-12,14H,3,6-7H2,1-2H3. The van der Waals surface area contributed by atoms with Crippen LogP contribution in [0.4, 0.5) is 0 Å². The minimum atomic E-state index is 0.611. The molecule has 0 amide bonds. The number of likely N-dealkylation sites (N-methyl/N-ethyl adjacent to an activating group) is 1. The highest BCUT2D eigenvalue weighted by atomic mass is 32.1. The van der Waals surface area contributed by atoms with Gasteiger partial charge in [0.2, 0.25) is 0 Å². The van der Waals surface area contributed by atoms with Crippen LogP contribution in [0.25, 0.3) is 4.96 Å². The Morgan fingerprint density at radius 2 is 2.47 bits per heavy atom. The molecule has 0 bridgehead atoms. The highest BCUT2D eigenvalue weighted by molar-refractivity contribution is 7.15. The maximum Gasteiger partial charge on any atom is 0.193 e. The topological polar surface area (TPSA) is 29.3 Å². The number of hydrogen-bond donors (Lipinski definition) is 1. The average molecular weight is 249 g/mol. The van der Waals surface area contributed by atoms with E-state index in [1.54, 1.807) is 11.3 Å². The molecule has 1 N–H and O–H groups in total. The normalized spacial score (nSPS) is 25.3. The summed E-state index contributed by atoms with van der Waals surface area (Å²) >= 11 is 1.70. The lowest BCUT2D eigenvalue weighted by molar-refractivity contribution is 0.451. The van der Waals surface area contributed by atoms with Crippen molar-refractivity contribution in [1.82, 2.24) is 14.7 Å². The second-order valence-corrected chi connectivity index (χ2v) is 5.94. The number of hydrogen-bond acceptors (Lipinski definition) is 3. The van der Waals surface area contributed by atoms with Gasteiger partial charge in [0, 0.05) is 30.2 Å². The molecule has 2 aromatic heterocycles. The van der Waals surface area contributed by atoms with Crippen LogP contribution in [-0.4, -0.2) is 22.0 Å². The Morgan fingerprint density at radius 3 is 3.12 bits per heavy atom. The van der Waals surface area contributed by atoms with E-state index in [1.807, 2.05) is 0 Å². The Bertz CT molecular complexity index is 473. The zero-order valence-corrected chi connectivity index (χ0v) is 11.2. The number of thiazole rings is 1. The Kier molecular flexibility index (Phi) is 2.92. The number of nitrogens with one attached hydrogen (secondary N) is 1. The van der Waals surface area contributed by atoms with Gasteiger partial charge in [0.1, 0.15) is 0 Å². The SMILES string of the molecule is CCNC(Cc1cn2ccsc2n1)C1CC1C. The van der Waals surface area contributed by atoms with Crippen molar-refractivity contribution < 1.29 is 0 Å². The van der Waals surface area contributed by atoms with E-state index >= 15 is 0 Å². The maximum atomic E-state index is 4.67. The van der Waals surface area contributed by atoms with Crippen LogP contribution in [0.5, 0.6) is 0 Å². The molecule has 3 nitrogen and oxygen atoms in total. The predicted octanol–water partition coefficient (Wildman–Crippen LogP) is 2.57. The number of fused-ring (bicyclic) bond motifs is 1. The van der Waals surface area contributed by atoms with Gasteiger partial charge in [0.15, 0.2) is 4.96 Å². The summed E-state index contributed by atoms with van der Waals surface area (Å²) in [5.41, 5.74) is 1.22. The van der Waals surface area contributed by atoms with Crippen molar-refractivity contribution in [3.05, 3.63) is 23.5 Å². The molecular formula is C13H19N3S. The lowest BCUT2D eigenvalue weighted by Crippen LogP contribution is -2.33. The van der Waals surface area contributed by atoms with E-state index in [0.29, 0.717) is 6.04 Å². The molecule has 2 aromatic rings. The van der Waals surface area contributed by atoms with Crippen molar-refractivity contribution >= 4 is 16.3 Å².